The van der Waals surface area contributed by atoms with E-state index in [0.29, 0.717) is 18.9 Å². The van der Waals surface area contributed by atoms with E-state index in [9.17, 15) is 14.7 Å². The zero-order chi connectivity index (χ0) is 14.3. The molecular weight excluding hydrogens is 254 g/mol. The largest absolute Gasteiger partial charge is 0.481 e. The number of aliphatic carboxylic acids is 1. The van der Waals surface area contributed by atoms with Gasteiger partial charge in [0.05, 0.1) is 5.92 Å². The molecular formula is C16H19NO3. The van der Waals surface area contributed by atoms with Crippen LogP contribution in [-0.2, 0) is 16.0 Å². The minimum Gasteiger partial charge on any atom is -0.481 e. The minimum atomic E-state index is -0.823. The molecule has 1 aliphatic carbocycles. The van der Waals surface area contributed by atoms with Crippen molar-refractivity contribution in [1.29, 1.82) is 0 Å². The molecule has 20 heavy (non-hydrogen) atoms. The van der Waals surface area contributed by atoms with E-state index in [4.69, 9.17) is 0 Å². The average molecular weight is 273 g/mol. The smallest absolute Gasteiger partial charge is 0.308 e. The molecule has 1 aromatic rings. The third-order valence-corrected chi connectivity index (χ3v) is 4.49. The molecule has 0 saturated heterocycles. The van der Waals surface area contributed by atoms with Crippen LogP contribution in [-0.4, -0.2) is 23.5 Å². The van der Waals surface area contributed by atoms with Crippen molar-refractivity contribution in [3.8, 4) is 0 Å². The molecule has 1 saturated carbocycles. The predicted octanol–water partition coefficient (Wildman–Crippen LogP) is 2.32. The standard InChI is InChI=1S/C16H19NO3/c1-10(11-6-7-11)15(18)17-9-13(16(19)20)8-12-4-2-3-5-14(12)17/h2-5,10-11,13H,6-9H2,1H3,(H,19,20). The first-order valence-electron chi connectivity index (χ1n) is 7.20. The number of carboxylic acid groups (broad SMARTS) is 1. The Morgan fingerprint density at radius 2 is 2.00 bits per heavy atom. The molecule has 4 nitrogen and oxygen atoms in total. The van der Waals surface area contributed by atoms with E-state index >= 15 is 0 Å². The molecule has 0 spiro atoms. The summed E-state index contributed by atoms with van der Waals surface area (Å²) in [5.74, 6) is -0.766. The van der Waals surface area contributed by atoms with Gasteiger partial charge in [0, 0.05) is 18.2 Å². The van der Waals surface area contributed by atoms with Gasteiger partial charge in [-0.05, 0) is 36.8 Å². The topological polar surface area (TPSA) is 57.6 Å². The molecule has 0 radical (unpaired) electrons. The summed E-state index contributed by atoms with van der Waals surface area (Å²) >= 11 is 0. The van der Waals surface area contributed by atoms with Gasteiger partial charge in [-0.1, -0.05) is 25.1 Å². The Bertz CT molecular complexity index is 550. The van der Waals surface area contributed by atoms with E-state index in [-0.39, 0.29) is 11.8 Å². The summed E-state index contributed by atoms with van der Waals surface area (Å²) in [7, 11) is 0. The van der Waals surface area contributed by atoms with Crippen molar-refractivity contribution < 1.29 is 14.7 Å². The highest BCUT2D eigenvalue weighted by atomic mass is 16.4. The molecule has 0 bridgehead atoms. The second kappa shape index (κ2) is 4.93. The third-order valence-electron chi connectivity index (χ3n) is 4.49. The Balaban J connectivity index is 1.91. The van der Waals surface area contributed by atoms with Crippen molar-refractivity contribution in [1.82, 2.24) is 0 Å². The number of hydrogen-bond acceptors (Lipinski definition) is 2. The molecule has 106 valence electrons. The summed E-state index contributed by atoms with van der Waals surface area (Å²) in [6.07, 6.45) is 2.74. The van der Waals surface area contributed by atoms with E-state index in [1.54, 1.807) is 4.90 Å². The minimum absolute atomic E-state index is 0.00407. The maximum atomic E-state index is 12.6. The summed E-state index contributed by atoms with van der Waals surface area (Å²) in [4.78, 5) is 25.6. The monoisotopic (exact) mass is 273 g/mol. The average Bonchev–Trinajstić information content (AvgIpc) is 3.29. The molecule has 1 aromatic carbocycles. The van der Waals surface area contributed by atoms with Crippen molar-refractivity contribution in [2.75, 3.05) is 11.4 Å². The lowest BCUT2D eigenvalue weighted by Gasteiger charge is -2.34. The molecule has 1 amide bonds. The zero-order valence-corrected chi connectivity index (χ0v) is 11.6. The summed E-state index contributed by atoms with van der Waals surface area (Å²) in [5.41, 5.74) is 1.85. The number of carbonyl (C=O) groups excluding carboxylic acids is 1. The van der Waals surface area contributed by atoms with Crippen molar-refractivity contribution in [3.63, 3.8) is 0 Å². The van der Waals surface area contributed by atoms with Crippen LogP contribution in [0.4, 0.5) is 5.69 Å². The molecule has 2 aliphatic rings. The number of hydrogen-bond donors (Lipinski definition) is 1. The summed E-state index contributed by atoms with van der Waals surface area (Å²) in [6, 6.07) is 7.65. The Kier molecular flexibility index (Phi) is 3.24. The van der Waals surface area contributed by atoms with E-state index in [2.05, 4.69) is 0 Å². The van der Waals surface area contributed by atoms with Crippen LogP contribution < -0.4 is 4.90 Å². The van der Waals surface area contributed by atoms with Crippen LogP contribution in [0, 0.1) is 17.8 Å². The number of nitrogens with zero attached hydrogens (tertiary/aromatic N) is 1. The Hall–Kier alpha value is -1.84. The lowest BCUT2D eigenvalue weighted by molar-refractivity contribution is -0.141. The first-order chi connectivity index (χ1) is 9.58. The van der Waals surface area contributed by atoms with Crippen LogP contribution in [0.5, 0.6) is 0 Å². The summed E-state index contributed by atoms with van der Waals surface area (Å²) in [5, 5.41) is 9.29. The lowest BCUT2D eigenvalue weighted by atomic mass is 9.91. The second-order valence-electron chi connectivity index (χ2n) is 5.94. The maximum absolute atomic E-state index is 12.6. The predicted molar refractivity (Wildman–Crippen MR) is 75.5 cm³/mol. The Morgan fingerprint density at radius 1 is 1.30 bits per heavy atom. The molecule has 1 N–H and O–H groups in total. The highest BCUT2D eigenvalue weighted by Gasteiger charge is 2.39. The van der Waals surface area contributed by atoms with Gasteiger partial charge >= 0.3 is 5.97 Å². The fraction of sp³-hybridized carbons (Fsp3) is 0.500. The molecule has 3 rings (SSSR count). The number of fused-ring (bicyclic) bond motifs is 1. The highest BCUT2D eigenvalue weighted by molar-refractivity contribution is 5.97. The van der Waals surface area contributed by atoms with E-state index < -0.39 is 11.9 Å². The Morgan fingerprint density at radius 3 is 2.65 bits per heavy atom. The lowest BCUT2D eigenvalue weighted by Crippen LogP contribution is -2.45. The molecule has 1 fully saturated rings. The first-order valence-corrected chi connectivity index (χ1v) is 7.20. The third kappa shape index (κ3) is 2.30. The van der Waals surface area contributed by atoms with Crippen LogP contribution in [0.1, 0.15) is 25.3 Å². The van der Waals surface area contributed by atoms with Crippen LogP contribution in [0.15, 0.2) is 24.3 Å². The Labute approximate surface area is 118 Å². The van der Waals surface area contributed by atoms with Crippen molar-refractivity contribution in [2.45, 2.75) is 26.2 Å². The number of para-hydroxylation sites is 1. The molecule has 4 heteroatoms. The quantitative estimate of drug-likeness (QED) is 0.919. The first kappa shape index (κ1) is 13.2. The van der Waals surface area contributed by atoms with Gasteiger partial charge < -0.3 is 10.0 Å². The zero-order valence-electron chi connectivity index (χ0n) is 11.6. The number of benzene rings is 1. The van der Waals surface area contributed by atoms with Gasteiger partial charge in [-0.25, -0.2) is 0 Å². The van der Waals surface area contributed by atoms with Crippen LogP contribution in [0.3, 0.4) is 0 Å². The van der Waals surface area contributed by atoms with Gasteiger partial charge in [-0.2, -0.15) is 0 Å². The molecule has 0 aromatic heterocycles. The van der Waals surface area contributed by atoms with Gasteiger partial charge in [0.2, 0.25) is 5.91 Å². The summed E-state index contributed by atoms with van der Waals surface area (Å²) in [6.45, 7) is 2.26. The van der Waals surface area contributed by atoms with Gasteiger partial charge in [0.1, 0.15) is 0 Å². The number of amides is 1. The van der Waals surface area contributed by atoms with Gasteiger partial charge in [-0.3, -0.25) is 9.59 Å². The number of carboxylic acids is 1. The van der Waals surface area contributed by atoms with Crippen molar-refractivity contribution in [3.05, 3.63) is 29.8 Å². The molecule has 1 aliphatic heterocycles. The van der Waals surface area contributed by atoms with Crippen molar-refractivity contribution >= 4 is 17.6 Å². The fourth-order valence-corrected chi connectivity index (χ4v) is 3.01. The SMILES string of the molecule is CC(C(=O)N1CC(C(=O)O)Cc2ccccc21)C1CC1. The summed E-state index contributed by atoms with van der Waals surface area (Å²) < 4.78 is 0. The highest BCUT2D eigenvalue weighted by Crippen LogP contribution is 2.39. The second-order valence-corrected chi connectivity index (χ2v) is 5.94. The van der Waals surface area contributed by atoms with E-state index in [0.717, 1.165) is 24.1 Å². The van der Waals surface area contributed by atoms with E-state index in [1.807, 2.05) is 31.2 Å². The number of anilines is 1. The van der Waals surface area contributed by atoms with Gasteiger partial charge in [-0.15, -0.1) is 0 Å². The normalized spacial score (nSPS) is 23.1. The van der Waals surface area contributed by atoms with Crippen LogP contribution in [0.2, 0.25) is 0 Å². The fourth-order valence-electron chi connectivity index (χ4n) is 3.01. The van der Waals surface area contributed by atoms with Crippen LogP contribution >= 0.6 is 0 Å². The van der Waals surface area contributed by atoms with Gasteiger partial charge in [0.25, 0.3) is 0 Å². The molecule has 2 unspecified atom stereocenters. The van der Waals surface area contributed by atoms with Crippen LogP contribution in [0.25, 0.3) is 0 Å². The molecule has 2 atom stereocenters. The number of rotatable bonds is 3. The number of carbonyl (C=O) groups is 2. The van der Waals surface area contributed by atoms with E-state index in [1.165, 1.54) is 0 Å². The van der Waals surface area contributed by atoms with Gasteiger partial charge in [0.15, 0.2) is 0 Å². The van der Waals surface area contributed by atoms with Crippen molar-refractivity contribution in [2.24, 2.45) is 17.8 Å². The molecule has 1 heterocycles. The maximum Gasteiger partial charge on any atom is 0.308 e.